The van der Waals surface area contributed by atoms with Gasteiger partial charge in [-0.25, -0.2) is 18.0 Å². The molecule has 4 aromatic rings. The lowest BCUT2D eigenvalue weighted by atomic mass is 9.79. The molecule has 4 aromatic carbocycles. The molecule has 7 heteroatoms. The lowest BCUT2D eigenvalue weighted by Gasteiger charge is -2.41. The second kappa shape index (κ2) is 10.9. The zero-order valence-electron chi connectivity index (χ0n) is 21.0. The van der Waals surface area contributed by atoms with Gasteiger partial charge in [-0.05, 0) is 65.3 Å². The van der Waals surface area contributed by atoms with E-state index in [2.05, 4.69) is 36.5 Å². The van der Waals surface area contributed by atoms with Crippen LogP contribution in [0.15, 0.2) is 78.9 Å². The van der Waals surface area contributed by atoms with E-state index in [1.165, 1.54) is 6.07 Å². The smallest absolute Gasteiger partial charge is 0.335 e. The normalized spacial score (nSPS) is 18.5. The van der Waals surface area contributed by atoms with Gasteiger partial charge in [0, 0.05) is 25.7 Å². The van der Waals surface area contributed by atoms with Crippen molar-refractivity contribution in [3.05, 3.63) is 113 Å². The van der Waals surface area contributed by atoms with E-state index in [0.29, 0.717) is 25.1 Å². The van der Waals surface area contributed by atoms with Gasteiger partial charge >= 0.3 is 5.97 Å². The number of piperidine rings is 1. The lowest BCUT2D eigenvalue weighted by molar-refractivity contribution is 0.0695. The van der Waals surface area contributed by atoms with Crippen molar-refractivity contribution < 1.29 is 23.1 Å². The highest BCUT2D eigenvalue weighted by atomic mass is 19.1. The molecule has 0 bridgehead atoms. The molecule has 38 heavy (non-hydrogen) atoms. The number of hydrogen-bond donors (Lipinski definition) is 2. The maximum atomic E-state index is 14.9. The van der Waals surface area contributed by atoms with Crippen molar-refractivity contribution in [1.82, 2.24) is 5.32 Å². The Morgan fingerprint density at radius 1 is 0.974 bits per heavy atom. The number of nitrogens with one attached hydrogen (secondary N) is 1. The van der Waals surface area contributed by atoms with Gasteiger partial charge < -0.3 is 15.3 Å². The first kappa shape index (κ1) is 25.8. The van der Waals surface area contributed by atoms with Gasteiger partial charge in [0.25, 0.3) is 0 Å². The topological polar surface area (TPSA) is 52.6 Å². The molecular weight excluding hydrogens is 489 g/mol. The van der Waals surface area contributed by atoms with Gasteiger partial charge in [-0.2, -0.15) is 0 Å². The summed E-state index contributed by atoms with van der Waals surface area (Å²) in [4.78, 5) is 12.8. The van der Waals surface area contributed by atoms with E-state index in [9.17, 15) is 18.0 Å². The second-order valence-corrected chi connectivity index (χ2v) is 9.91. The van der Waals surface area contributed by atoms with Crippen LogP contribution in [0.2, 0.25) is 0 Å². The zero-order valence-corrected chi connectivity index (χ0v) is 21.0. The fraction of sp³-hybridized carbons (Fsp3) is 0.258. The van der Waals surface area contributed by atoms with Crippen molar-refractivity contribution in [2.75, 3.05) is 24.5 Å². The fourth-order valence-electron chi connectivity index (χ4n) is 5.68. The number of carboxylic acids is 1. The minimum atomic E-state index is -1.39. The Morgan fingerprint density at radius 3 is 2.39 bits per heavy atom. The van der Waals surface area contributed by atoms with Crippen LogP contribution in [-0.2, 0) is 0 Å². The van der Waals surface area contributed by atoms with E-state index >= 15 is 0 Å². The highest BCUT2D eigenvalue weighted by Gasteiger charge is 2.34. The summed E-state index contributed by atoms with van der Waals surface area (Å²) in [5.74, 6) is -3.82. The van der Waals surface area contributed by atoms with E-state index < -0.39 is 23.2 Å². The lowest BCUT2D eigenvalue weighted by Crippen LogP contribution is -2.45. The maximum Gasteiger partial charge on any atom is 0.335 e. The summed E-state index contributed by atoms with van der Waals surface area (Å²) in [5.41, 5.74) is 1.06. The first-order chi connectivity index (χ1) is 18.3. The molecule has 1 aliphatic heterocycles. The van der Waals surface area contributed by atoms with E-state index in [4.69, 9.17) is 5.11 Å². The van der Waals surface area contributed by atoms with Gasteiger partial charge in [0.2, 0.25) is 0 Å². The summed E-state index contributed by atoms with van der Waals surface area (Å²) in [6.07, 6.45) is 0.496. The monoisotopic (exact) mass is 518 g/mol. The molecule has 1 fully saturated rings. The molecule has 1 heterocycles. The number of benzene rings is 4. The summed E-state index contributed by atoms with van der Waals surface area (Å²) in [5, 5.41) is 15.0. The Hall–Kier alpha value is -3.84. The van der Waals surface area contributed by atoms with E-state index in [1.807, 2.05) is 18.2 Å². The molecule has 1 aliphatic rings. The summed E-state index contributed by atoms with van der Waals surface area (Å²) in [7, 11) is 0. The number of carboxylic acid groups (broad SMARTS) is 1. The van der Waals surface area contributed by atoms with Crippen molar-refractivity contribution >= 4 is 22.4 Å². The van der Waals surface area contributed by atoms with Crippen LogP contribution < -0.4 is 10.2 Å². The molecule has 4 nitrogen and oxygen atoms in total. The van der Waals surface area contributed by atoms with Crippen LogP contribution in [0.5, 0.6) is 0 Å². The fourth-order valence-corrected chi connectivity index (χ4v) is 5.68. The number of fused-ring (bicyclic) bond motifs is 1. The molecule has 5 rings (SSSR count). The highest BCUT2D eigenvalue weighted by molar-refractivity contribution is 5.88. The number of rotatable bonds is 7. The molecule has 0 spiro atoms. The number of halogens is 3. The van der Waals surface area contributed by atoms with Crippen LogP contribution in [0.25, 0.3) is 10.8 Å². The first-order valence-electron chi connectivity index (χ1n) is 12.8. The standard InChI is InChI=1S/C31H29F3N2O2/c1-19(23-11-6-8-20-7-2-3-9-24(20)23)35-17-22-18-36(14-13-25(22)26-10-4-5-12-27(26)32)30-28(33)15-21(31(37)38)16-29(30)34/h2-12,15-16,19,22,25,35H,13-14,17-18H2,1H3,(H,37,38)/t19-,22?,25?/m1/s1. The minimum absolute atomic E-state index is 0.0129. The molecule has 196 valence electrons. The van der Waals surface area contributed by atoms with Crippen LogP contribution in [0.1, 0.15) is 46.8 Å². The van der Waals surface area contributed by atoms with E-state index in [0.717, 1.165) is 28.5 Å². The molecule has 3 atom stereocenters. The van der Waals surface area contributed by atoms with Crippen LogP contribution in [0.4, 0.5) is 18.9 Å². The molecule has 2 N–H and O–H groups in total. The van der Waals surface area contributed by atoms with E-state index in [1.54, 1.807) is 23.1 Å². The highest BCUT2D eigenvalue weighted by Crippen LogP contribution is 2.38. The quantitative estimate of drug-likeness (QED) is 0.279. The Bertz CT molecular complexity index is 1450. The maximum absolute atomic E-state index is 14.9. The summed E-state index contributed by atoms with van der Waals surface area (Å²) >= 11 is 0. The third-order valence-electron chi connectivity index (χ3n) is 7.59. The molecule has 0 aromatic heterocycles. The molecule has 0 aliphatic carbocycles. The summed E-state index contributed by atoms with van der Waals surface area (Å²) in [6.45, 7) is 3.17. The third-order valence-corrected chi connectivity index (χ3v) is 7.59. The average Bonchev–Trinajstić information content (AvgIpc) is 2.91. The average molecular weight is 519 g/mol. The van der Waals surface area contributed by atoms with E-state index in [-0.39, 0.29) is 35.9 Å². The largest absolute Gasteiger partial charge is 0.478 e. The first-order valence-corrected chi connectivity index (χ1v) is 12.8. The van der Waals surface area contributed by atoms with Crippen molar-refractivity contribution in [2.45, 2.75) is 25.3 Å². The molecule has 0 saturated carbocycles. The van der Waals surface area contributed by atoms with Crippen LogP contribution in [0.3, 0.4) is 0 Å². The molecular formula is C31H29F3N2O2. The molecule has 1 saturated heterocycles. The Balaban J connectivity index is 1.42. The van der Waals surface area contributed by atoms with Crippen LogP contribution >= 0.6 is 0 Å². The van der Waals surface area contributed by atoms with Crippen molar-refractivity contribution in [1.29, 1.82) is 0 Å². The van der Waals surface area contributed by atoms with Crippen molar-refractivity contribution in [3.63, 3.8) is 0 Å². The predicted octanol–water partition coefficient (Wildman–Crippen LogP) is 6.92. The Morgan fingerprint density at radius 2 is 1.66 bits per heavy atom. The predicted molar refractivity (Wildman–Crippen MR) is 143 cm³/mol. The SMILES string of the molecule is C[C@@H](NCC1CN(c2c(F)cc(C(=O)O)cc2F)CCC1c1ccccc1F)c1cccc2ccccc12. The summed E-state index contributed by atoms with van der Waals surface area (Å²) in [6, 6.07) is 22.7. The number of nitrogens with zero attached hydrogens (tertiary/aromatic N) is 1. The molecule has 2 unspecified atom stereocenters. The summed E-state index contributed by atoms with van der Waals surface area (Å²) < 4.78 is 44.7. The Kier molecular flexibility index (Phi) is 7.38. The van der Waals surface area contributed by atoms with Crippen LogP contribution in [0, 0.1) is 23.4 Å². The molecule has 0 radical (unpaired) electrons. The van der Waals surface area contributed by atoms with Crippen molar-refractivity contribution in [3.8, 4) is 0 Å². The van der Waals surface area contributed by atoms with Gasteiger partial charge in [0.1, 0.15) is 23.1 Å². The number of carbonyl (C=O) groups is 1. The molecule has 0 amide bonds. The second-order valence-electron chi connectivity index (χ2n) is 9.91. The van der Waals surface area contributed by atoms with Gasteiger partial charge in [0.05, 0.1) is 5.56 Å². The minimum Gasteiger partial charge on any atom is -0.478 e. The Labute approximate surface area is 219 Å². The van der Waals surface area contributed by atoms with Gasteiger partial charge in [-0.3, -0.25) is 0 Å². The van der Waals surface area contributed by atoms with Gasteiger partial charge in [0.15, 0.2) is 0 Å². The third kappa shape index (κ3) is 5.11. The van der Waals surface area contributed by atoms with Crippen molar-refractivity contribution in [2.24, 2.45) is 5.92 Å². The van der Waals surface area contributed by atoms with Gasteiger partial charge in [-0.15, -0.1) is 0 Å². The van der Waals surface area contributed by atoms with Crippen LogP contribution in [-0.4, -0.2) is 30.7 Å². The zero-order chi connectivity index (χ0) is 26.8. The number of anilines is 1. The number of hydrogen-bond acceptors (Lipinski definition) is 3. The number of aromatic carboxylic acids is 1. The van der Waals surface area contributed by atoms with Gasteiger partial charge in [-0.1, -0.05) is 60.7 Å².